The summed E-state index contributed by atoms with van der Waals surface area (Å²) in [6.45, 7) is 0. The predicted molar refractivity (Wildman–Crippen MR) is 87.3 cm³/mol. The first-order chi connectivity index (χ1) is 11.2. The fourth-order valence-corrected chi connectivity index (χ4v) is 2.65. The number of aromatic nitrogens is 1. The van der Waals surface area contributed by atoms with E-state index in [4.69, 9.17) is 9.47 Å². The number of aromatic hydroxyl groups is 1. The fourth-order valence-electron chi connectivity index (χ4n) is 2.65. The molecule has 0 aliphatic rings. The molecular weight excluding hydrogens is 294 g/mol. The molecule has 3 rings (SSSR count). The quantitative estimate of drug-likeness (QED) is 0.748. The average Bonchev–Trinajstić information content (AvgIpc) is 2.61. The van der Waals surface area contributed by atoms with Crippen molar-refractivity contribution in [2.75, 3.05) is 14.2 Å². The number of carbonyl (C=O) groups excluding carboxylic acids is 1. The van der Waals surface area contributed by atoms with Gasteiger partial charge in [-0.1, -0.05) is 6.07 Å². The van der Waals surface area contributed by atoms with Crippen LogP contribution < -0.4 is 9.47 Å². The van der Waals surface area contributed by atoms with E-state index in [0.29, 0.717) is 28.1 Å². The summed E-state index contributed by atoms with van der Waals surface area (Å²) < 4.78 is 10.8. The molecule has 3 aromatic rings. The minimum absolute atomic E-state index is 0.0989. The molecule has 5 nitrogen and oxygen atoms in total. The molecular formula is C18H15NO4. The molecule has 0 saturated heterocycles. The van der Waals surface area contributed by atoms with E-state index in [-0.39, 0.29) is 5.75 Å². The zero-order valence-electron chi connectivity index (χ0n) is 12.7. The van der Waals surface area contributed by atoms with Gasteiger partial charge in [0.1, 0.15) is 17.6 Å². The van der Waals surface area contributed by atoms with Crippen LogP contribution in [0.2, 0.25) is 0 Å². The van der Waals surface area contributed by atoms with Crippen LogP contribution in [0.1, 0.15) is 10.4 Å². The second-order valence-corrected chi connectivity index (χ2v) is 4.95. The van der Waals surface area contributed by atoms with Gasteiger partial charge in [-0.2, -0.15) is 0 Å². The van der Waals surface area contributed by atoms with E-state index in [0.717, 1.165) is 17.2 Å². The van der Waals surface area contributed by atoms with Gasteiger partial charge in [-0.25, -0.2) is 0 Å². The van der Waals surface area contributed by atoms with Crippen molar-refractivity contribution in [1.29, 1.82) is 0 Å². The molecule has 0 atom stereocenters. The minimum atomic E-state index is 0.0989. The summed E-state index contributed by atoms with van der Waals surface area (Å²) in [6, 6.07) is 10.3. The molecule has 0 radical (unpaired) electrons. The third-order valence-electron chi connectivity index (χ3n) is 3.68. The molecule has 0 aliphatic carbocycles. The van der Waals surface area contributed by atoms with Crippen LogP contribution in [0, 0.1) is 0 Å². The second kappa shape index (κ2) is 5.96. The molecule has 1 N–H and O–H groups in total. The number of hydrogen-bond donors (Lipinski definition) is 1. The number of nitrogens with zero attached hydrogens (tertiary/aromatic N) is 1. The van der Waals surface area contributed by atoms with E-state index in [1.54, 1.807) is 43.6 Å². The highest BCUT2D eigenvalue weighted by molar-refractivity contribution is 6.00. The maximum absolute atomic E-state index is 11.2. The summed E-state index contributed by atoms with van der Waals surface area (Å²) in [7, 11) is 3.06. The zero-order chi connectivity index (χ0) is 16.4. The molecule has 1 heterocycles. The van der Waals surface area contributed by atoms with Crippen LogP contribution in [-0.4, -0.2) is 30.6 Å². The van der Waals surface area contributed by atoms with Crippen LogP contribution in [0.15, 0.2) is 42.6 Å². The Morgan fingerprint density at radius 3 is 2.61 bits per heavy atom. The lowest BCUT2D eigenvalue weighted by molar-refractivity contribution is 0.112. The van der Waals surface area contributed by atoms with Crippen molar-refractivity contribution in [3.8, 4) is 28.4 Å². The maximum atomic E-state index is 11.2. The third-order valence-corrected chi connectivity index (χ3v) is 3.68. The first-order valence-corrected chi connectivity index (χ1v) is 6.98. The summed E-state index contributed by atoms with van der Waals surface area (Å²) in [6.07, 6.45) is 2.37. The monoisotopic (exact) mass is 309 g/mol. The number of hydrogen-bond acceptors (Lipinski definition) is 5. The molecule has 0 amide bonds. The molecule has 0 bridgehead atoms. The highest BCUT2D eigenvalue weighted by atomic mass is 16.5. The lowest BCUT2D eigenvalue weighted by atomic mass is 9.97. The summed E-state index contributed by atoms with van der Waals surface area (Å²) in [5.41, 5.74) is 2.46. The fraction of sp³-hybridized carbons (Fsp3) is 0.111. The number of phenols is 1. The normalized spacial score (nSPS) is 10.5. The molecule has 0 aliphatic heterocycles. The average molecular weight is 309 g/mol. The van der Waals surface area contributed by atoms with E-state index in [2.05, 4.69) is 4.98 Å². The van der Waals surface area contributed by atoms with Gasteiger partial charge in [0, 0.05) is 22.7 Å². The summed E-state index contributed by atoms with van der Waals surface area (Å²) in [5, 5.41) is 10.8. The van der Waals surface area contributed by atoms with E-state index >= 15 is 0 Å². The van der Waals surface area contributed by atoms with Crippen LogP contribution in [-0.2, 0) is 0 Å². The van der Waals surface area contributed by atoms with Gasteiger partial charge in [0.15, 0.2) is 11.5 Å². The zero-order valence-corrected chi connectivity index (χ0v) is 12.7. The molecule has 0 spiro atoms. The Hall–Kier alpha value is -3.08. The van der Waals surface area contributed by atoms with Crippen LogP contribution >= 0.6 is 0 Å². The molecule has 5 heteroatoms. The van der Waals surface area contributed by atoms with Crippen molar-refractivity contribution in [1.82, 2.24) is 4.98 Å². The van der Waals surface area contributed by atoms with Crippen LogP contribution in [0.4, 0.5) is 0 Å². The van der Waals surface area contributed by atoms with Crippen molar-refractivity contribution < 1.29 is 19.4 Å². The lowest BCUT2D eigenvalue weighted by Crippen LogP contribution is -1.96. The van der Waals surface area contributed by atoms with E-state index in [1.165, 1.54) is 7.11 Å². The lowest BCUT2D eigenvalue weighted by Gasteiger charge is -2.15. The van der Waals surface area contributed by atoms with Gasteiger partial charge in [0.25, 0.3) is 0 Å². The maximum Gasteiger partial charge on any atom is 0.168 e. The van der Waals surface area contributed by atoms with Gasteiger partial charge in [0.2, 0.25) is 0 Å². The van der Waals surface area contributed by atoms with E-state index < -0.39 is 0 Å². The van der Waals surface area contributed by atoms with Gasteiger partial charge in [0.05, 0.1) is 14.2 Å². The van der Waals surface area contributed by atoms with Gasteiger partial charge in [-0.15, -0.1) is 0 Å². The SMILES string of the molecule is COc1cc(C=O)cc(-c2ccc(O)c3ncccc23)c1OC. The highest BCUT2D eigenvalue weighted by Crippen LogP contribution is 2.42. The Labute approximate surface area is 133 Å². The summed E-state index contributed by atoms with van der Waals surface area (Å²) >= 11 is 0. The number of fused-ring (bicyclic) bond motifs is 1. The molecule has 0 fully saturated rings. The van der Waals surface area contributed by atoms with Crippen LogP contribution in [0.5, 0.6) is 17.2 Å². The summed E-state index contributed by atoms with van der Waals surface area (Å²) in [4.78, 5) is 15.4. The second-order valence-electron chi connectivity index (χ2n) is 4.95. The highest BCUT2D eigenvalue weighted by Gasteiger charge is 2.17. The first kappa shape index (κ1) is 14.8. The molecule has 1 aromatic heterocycles. The topological polar surface area (TPSA) is 68.7 Å². The Morgan fingerprint density at radius 1 is 1.09 bits per heavy atom. The Morgan fingerprint density at radius 2 is 1.91 bits per heavy atom. The number of ether oxygens (including phenoxy) is 2. The van der Waals surface area contributed by atoms with Gasteiger partial charge in [-0.05, 0) is 35.9 Å². The van der Waals surface area contributed by atoms with Crippen LogP contribution in [0.3, 0.4) is 0 Å². The first-order valence-electron chi connectivity index (χ1n) is 6.98. The van der Waals surface area contributed by atoms with Crippen molar-refractivity contribution in [2.24, 2.45) is 0 Å². The number of methoxy groups -OCH3 is 2. The molecule has 23 heavy (non-hydrogen) atoms. The van der Waals surface area contributed by atoms with Gasteiger partial charge >= 0.3 is 0 Å². The Kier molecular flexibility index (Phi) is 3.85. The van der Waals surface area contributed by atoms with Crippen molar-refractivity contribution in [3.63, 3.8) is 0 Å². The van der Waals surface area contributed by atoms with E-state index in [9.17, 15) is 9.90 Å². The molecule has 0 unspecified atom stereocenters. The Bertz CT molecular complexity index is 890. The van der Waals surface area contributed by atoms with Crippen LogP contribution in [0.25, 0.3) is 22.0 Å². The summed E-state index contributed by atoms with van der Waals surface area (Å²) in [5.74, 6) is 1.09. The molecule has 0 saturated carbocycles. The minimum Gasteiger partial charge on any atom is -0.506 e. The standard InChI is InChI=1S/C18H15NO4/c1-22-16-9-11(10-20)8-14(18(16)23-2)12-5-6-15(21)17-13(12)4-3-7-19-17/h3-10,21H,1-2H3. The Balaban J connectivity index is 2.39. The number of rotatable bonds is 4. The van der Waals surface area contributed by atoms with Gasteiger partial charge in [-0.3, -0.25) is 9.78 Å². The smallest absolute Gasteiger partial charge is 0.168 e. The number of benzene rings is 2. The van der Waals surface area contributed by atoms with Crippen molar-refractivity contribution >= 4 is 17.2 Å². The van der Waals surface area contributed by atoms with Crippen molar-refractivity contribution in [2.45, 2.75) is 0 Å². The van der Waals surface area contributed by atoms with E-state index in [1.807, 2.05) is 6.07 Å². The number of pyridine rings is 1. The van der Waals surface area contributed by atoms with Gasteiger partial charge < -0.3 is 14.6 Å². The predicted octanol–water partition coefficient (Wildman–Crippen LogP) is 3.44. The molecule has 116 valence electrons. The van der Waals surface area contributed by atoms with Crippen molar-refractivity contribution in [3.05, 3.63) is 48.2 Å². The largest absolute Gasteiger partial charge is 0.506 e. The third kappa shape index (κ3) is 2.46. The number of aldehydes is 1. The molecule has 2 aromatic carbocycles. The number of carbonyl (C=O) groups is 1. The number of phenolic OH excluding ortho intramolecular Hbond substituents is 1.